The van der Waals surface area contributed by atoms with Crippen LogP contribution in [0.15, 0.2) is 30.3 Å². The summed E-state index contributed by atoms with van der Waals surface area (Å²) < 4.78 is 0. The standard InChI is InChI=1S/C22H31N3O2/c26-21(18-8-12-23-13-9-18)24-14-10-19(11-15-24)22(27)25(20-6-7-20)16-17-4-2-1-3-5-17/h1-5,18-20,23H,6-16H2. The molecule has 2 aliphatic heterocycles. The van der Waals surface area contributed by atoms with E-state index in [0.717, 1.165) is 71.2 Å². The SMILES string of the molecule is O=C(C1CCNCC1)N1CCC(C(=O)N(Cc2ccccc2)C2CC2)CC1. The van der Waals surface area contributed by atoms with Crippen LogP contribution in [-0.2, 0) is 16.1 Å². The third kappa shape index (κ3) is 4.52. The molecule has 3 fully saturated rings. The van der Waals surface area contributed by atoms with Crippen LogP contribution < -0.4 is 5.32 Å². The summed E-state index contributed by atoms with van der Waals surface area (Å²) in [5.41, 5.74) is 1.20. The molecule has 0 atom stereocenters. The van der Waals surface area contributed by atoms with Crippen molar-refractivity contribution in [3.8, 4) is 0 Å². The number of carbonyl (C=O) groups is 2. The van der Waals surface area contributed by atoms with E-state index in [-0.39, 0.29) is 11.8 Å². The topological polar surface area (TPSA) is 52.7 Å². The Morgan fingerprint density at radius 1 is 0.926 bits per heavy atom. The summed E-state index contributed by atoms with van der Waals surface area (Å²) in [5.74, 6) is 0.868. The molecule has 4 rings (SSSR count). The Labute approximate surface area is 162 Å². The number of likely N-dealkylation sites (tertiary alicyclic amines) is 1. The van der Waals surface area contributed by atoms with Crippen LogP contribution >= 0.6 is 0 Å². The Bertz CT molecular complexity index is 645. The molecule has 2 heterocycles. The quantitative estimate of drug-likeness (QED) is 0.867. The van der Waals surface area contributed by atoms with Gasteiger partial charge in [-0.05, 0) is 57.2 Å². The summed E-state index contributed by atoms with van der Waals surface area (Å²) >= 11 is 0. The van der Waals surface area contributed by atoms with Crippen LogP contribution in [0.1, 0.15) is 44.1 Å². The molecule has 27 heavy (non-hydrogen) atoms. The molecule has 3 aliphatic rings. The molecule has 146 valence electrons. The van der Waals surface area contributed by atoms with Crippen molar-refractivity contribution >= 4 is 11.8 Å². The van der Waals surface area contributed by atoms with Gasteiger partial charge in [0.05, 0.1) is 0 Å². The molecule has 1 N–H and O–H groups in total. The highest BCUT2D eigenvalue weighted by Crippen LogP contribution is 2.32. The van der Waals surface area contributed by atoms with Gasteiger partial charge in [-0.3, -0.25) is 9.59 Å². The number of rotatable bonds is 5. The van der Waals surface area contributed by atoms with Crippen molar-refractivity contribution in [1.82, 2.24) is 15.1 Å². The number of nitrogens with one attached hydrogen (secondary N) is 1. The van der Waals surface area contributed by atoms with Gasteiger partial charge in [-0.25, -0.2) is 0 Å². The third-order valence-corrected chi connectivity index (χ3v) is 6.31. The Kier molecular flexibility index (Phi) is 5.77. The minimum Gasteiger partial charge on any atom is -0.342 e. The maximum absolute atomic E-state index is 13.2. The van der Waals surface area contributed by atoms with Crippen molar-refractivity contribution in [2.24, 2.45) is 11.8 Å². The zero-order valence-electron chi connectivity index (χ0n) is 16.1. The molecule has 5 heteroatoms. The largest absolute Gasteiger partial charge is 0.342 e. The number of piperidine rings is 2. The van der Waals surface area contributed by atoms with Crippen LogP contribution in [0.5, 0.6) is 0 Å². The van der Waals surface area contributed by atoms with E-state index in [1.165, 1.54) is 5.56 Å². The summed E-state index contributed by atoms with van der Waals surface area (Å²) in [7, 11) is 0. The summed E-state index contributed by atoms with van der Waals surface area (Å²) in [6.45, 7) is 4.09. The van der Waals surface area contributed by atoms with E-state index >= 15 is 0 Å². The van der Waals surface area contributed by atoms with Gasteiger partial charge in [0.25, 0.3) is 0 Å². The number of hydrogen-bond acceptors (Lipinski definition) is 3. The first kappa shape index (κ1) is 18.5. The molecule has 1 aromatic rings. The van der Waals surface area contributed by atoms with E-state index in [1.807, 2.05) is 23.1 Å². The highest BCUT2D eigenvalue weighted by molar-refractivity contribution is 5.81. The number of benzene rings is 1. The number of hydrogen-bond donors (Lipinski definition) is 1. The molecule has 2 saturated heterocycles. The molecule has 0 bridgehead atoms. The molecule has 0 aromatic heterocycles. The predicted molar refractivity (Wildman–Crippen MR) is 105 cm³/mol. The number of nitrogens with zero attached hydrogens (tertiary/aromatic N) is 2. The fourth-order valence-corrected chi connectivity index (χ4v) is 4.46. The first-order valence-electron chi connectivity index (χ1n) is 10.6. The van der Waals surface area contributed by atoms with Crippen molar-refractivity contribution in [1.29, 1.82) is 0 Å². The van der Waals surface area contributed by atoms with Crippen LogP contribution in [0.3, 0.4) is 0 Å². The van der Waals surface area contributed by atoms with Gasteiger partial charge >= 0.3 is 0 Å². The maximum atomic E-state index is 13.2. The second-order valence-electron chi connectivity index (χ2n) is 8.31. The minimum atomic E-state index is 0.0754. The molecule has 0 spiro atoms. The van der Waals surface area contributed by atoms with Gasteiger partial charge in [-0.15, -0.1) is 0 Å². The van der Waals surface area contributed by atoms with E-state index in [0.29, 0.717) is 17.9 Å². The zero-order chi connectivity index (χ0) is 18.6. The van der Waals surface area contributed by atoms with Gasteiger partial charge in [0.15, 0.2) is 0 Å². The van der Waals surface area contributed by atoms with Crippen molar-refractivity contribution < 1.29 is 9.59 Å². The van der Waals surface area contributed by atoms with Gasteiger partial charge in [0.2, 0.25) is 11.8 Å². The molecular weight excluding hydrogens is 338 g/mol. The third-order valence-electron chi connectivity index (χ3n) is 6.31. The lowest BCUT2D eigenvalue weighted by Gasteiger charge is -2.36. The number of carbonyl (C=O) groups excluding carboxylic acids is 2. The Morgan fingerprint density at radius 3 is 2.22 bits per heavy atom. The Morgan fingerprint density at radius 2 is 1.59 bits per heavy atom. The summed E-state index contributed by atoms with van der Waals surface area (Å²) in [6.07, 6.45) is 5.78. The van der Waals surface area contributed by atoms with Crippen LogP contribution in [0.4, 0.5) is 0 Å². The molecule has 1 aliphatic carbocycles. The van der Waals surface area contributed by atoms with Crippen molar-refractivity contribution in [3.05, 3.63) is 35.9 Å². The van der Waals surface area contributed by atoms with Gasteiger partial charge in [0, 0.05) is 37.5 Å². The summed E-state index contributed by atoms with van der Waals surface area (Å²) in [5, 5.41) is 3.32. The normalized spacial score (nSPS) is 21.9. The van der Waals surface area contributed by atoms with E-state index < -0.39 is 0 Å². The summed E-state index contributed by atoms with van der Waals surface area (Å²) in [4.78, 5) is 30.0. The van der Waals surface area contributed by atoms with Crippen molar-refractivity contribution in [2.75, 3.05) is 26.2 Å². The van der Waals surface area contributed by atoms with E-state index in [1.54, 1.807) is 0 Å². The second kappa shape index (κ2) is 8.42. The first-order valence-corrected chi connectivity index (χ1v) is 10.6. The van der Waals surface area contributed by atoms with Crippen LogP contribution in [0.2, 0.25) is 0 Å². The highest BCUT2D eigenvalue weighted by Gasteiger charge is 2.38. The Balaban J connectivity index is 1.32. The van der Waals surface area contributed by atoms with Gasteiger partial charge in [-0.2, -0.15) is 0 Å². The smallest absolute Gasteiger partial charge is 0.226 e. The molecule has 1 saturated carbocycles. The molecule has 1 aromatic carbocycles. The second-order valence-corrected chi connectivity index (χ2v) is 8.31. The van der Waals surface area contributed by atoms with Crippen LogP contribution in [-0.4, -0.2) is 53.8 Å². The van der Waals surface area contributed by atoms with Gasteiger partial charge < -0.3 is 15.1 Å². The van der Waals surface area contributed by atoms with Crippen LogP contribution in [0.25, 0.3) is 0 Å². The number of amides is 2. The Hall–Kier alpha value is -1.88. The first-order chi connectivity index (χ1) is 13.2. The molecule has 0 radical (unpaired) electrons. The maximum Gasteiger partial charge on any atom is 0.226 e. The lowest BCUT2D eigenvalue weighted by molar-refractivity contribution is -0.143. The van der Waals surface area contributed by atoms with E-state index in [9.17, 15) is 9.59 Å². The van der Waals surface area contributed by atoms with E-state index in [4.69, 9.17) is 0 Å². The van der Waals surface area contributed by atoms with Crippen LogP contribution in [0, 0.1) is 11.8 Å². The molecule has 5 nitrogen and oxygen atoms in total. The molecule has 2 amide bonds. The fourth-order valence-electron chi connectivity index (χ4n) is 4.46. The molecular formula is C22H31N3O2. The predicted octanol–water partition coefficient (Wildman–Crippen LogP) is 2.42. The average molecular weight is 370 g/mol. The minimum absolute atomic E-state index is 0.0754. The monoisotopic (exact) mass is 369 g/mol. The zero-order valence-corrected chi connectivity index (χ0v) is 16.1. The highest BCUT2D eigenvalue weighted by atomic mass is 16.2. The lowest BCUT2D eigenvalue weighted by Crippen LogP contribution is -2.47. The van der Waals surface area contributed by atoms with E-state index in [2.05, 4.69) is 22.3 Å². The fraction of sp³-hybridized carbons (Fsp3) is 0.636. The summed E-state index contributed by atoms with van der Waals surface area (Å²) in [6, 6.07) is 10.7. The van der Waals surface area contributed by atoms with Gasteiger partial charge in [-0.1, -0.05) is 30.3 Å². The van der Waals surface area contributed by atoms with Crippen molar-refractivity contribution in [3.63, 3.8) is 0 Å². The van der Waals surface area contributed by atoms with Crippen molar-refractivity contribution in [2.45, 2.75) is 51.1 Å². The van der Waals surface area contributed by atoms with Gasteiger partial charge in [0.1, 0.15) is 0 Å². The average Bonchev–Trinajstić information content (AvgIpc) is 3.58. The lowest BCUT2D eigenvalue weighted by atomic mass is 9.91. The molecule has 0 unspecified atom stereocenters.